The van der Waals surface area contributed by atoms with Crippen LogP contribution in [0.25, 0.3) is 5.57 Å². The SMILES string of the molecule is CCCN1C(=O)C(c2ccc(C)c(C)c2)=C(N2CCC(Cc3ccccc3)CC2)C1=O. The van der Waals surface area contributed by atoms with Crippen LogP contribution in [0.3, 0.4) is 0 Å². The van der Waals surface area contributed by atoms with Crippen molar-refractivity contribution >= 4 is 17.4 Å². The normalized spacial score (nSPS) is 17.8. The van der Waals surface area contributed by atoms with Crippen molar-refractivity contribution in [2.24, 2.45) is 5.92 Å². The summed E-state index contributed by atoms with van der Waals surface area (Å²) in [7, 11) is 0. The quantitative estimate of drug-likeness (QED) is 0.638. The van der Waals surface area contributed by atoms with Crippen molar-refractivity contribution in [3.8, 4) is 0 Å². The number of imide groups is 1. The van der Waals surface area contributed by atoms with Gasteiger partial charge in [-0.3, -0.25) is 14.5 Å². The first-order valence-corrected chi connectivity index (χ1v) is 11.5. The molecule has 0 atom stereocenters. The van der Waals surface area contributed by atoms with Crippen LogP contribution in [-0.2, 0) is 16.0 Å². The van der Waals surface area contributed by atoms with Crippen molar-refractivity contribution in [1.29, 1.82) is 0 Å². The van der Waals surface area contributed by atoms with Gasteiger partial charge in [0.1, 0.15) is 5.70 Å². The van der Waals surface area contributed by atoms with E-state index in [0.29, 0.717) is 23.7 Å². The van der Waals surface area contributed by atoms with E-state index in [4.69, 9.17) is 0 Å². The third-order valence-electron chi connectivity index (χ3n) is 6.68. The predicted octanol–water partition coefficient (Wildman–Crippen LogP) is 4.75. The molecular formula is C27H32N2O2. The zero-order valence-corrected chi connectivity index (χ0v) is 18.9. The van der Waals surface area contributed by atoms with Gasteiger partial charge in [0.2, 0.25) is 0 Å². The summed E-state index contributed by atoms with van der Waals surface area (Å²) >= 11 is 0. The maximum atomic E-state index is 13.3. The van der Waals surface area contributed by atoms with Crippen molar-refractivity contribution in [1.82, 2.24) is 9.80 Å². The van der Waals surface area contributed by atoms with Gasteiger partial charge in [-0.25, -0.2) is 0 Å². The summed E-state index contributed by atoms with van der Waals surface area (Å²) in [6.45, 7) is 8.24. The van der Waals surface area contributed by atoms with Crippen LogP contribution in [0, 0.1) is 19.8 Å². The second kappa shape index (κ2) is 9.09. The topological polar surface area (TPSA) is 40.6 Å². The van der Waals surface area contributed by atoms with E-state index in [1.165, 1.54) is 16.0 Å². The van der Waals surface area contributed by atoms with Gasteiger partial charge in [0.25, 0.3) is 11.8 Å². The van der Waals surface area contributed by atoms with E-state index < -0.39 is 0 Å². The minimum Gasteiger partial charge on any atom is -0.366 e. The number of carbonyl (C=O) groups is 2. The molecule has 0 radical (unpaired) electrons. The molecule has 0 aromatic heterocycles. The van der Waals surface area contributed by atoms with Crippen LogP contribution in [0.4, 0.5) is 0 Å². The number of likely N-dealkylation sites (tertiary alicyclic amines) is 1. The van der Waals surface area contributed by atoms with Crippen molar-refractivity contribution in [3.05, 3.63) is 76.5 Å². The Morgan fingerprint density at radius 2 is 1.61 bits per heavy atom. The van der Waals surface area contributed by atoms with E-state index >= 15 is 0 Å². The lowest BCUT2D eigenvalue weighted by Crippen LogP contribution is -2.39. The molecule has 4 rings (SSSR count). The number of piperidine rings is 1. The van der Waals surface area contributed by atoms with E-state index in [1.807, 2.05) is 25.1 Å². The fraction of sp³-hybridized carbons (Fsp3) is 0.407. The highest BCUT2D eigenvalue weighted by Gasteiger charge is 2.41. The highest BCUT2D eigenvalue weighted by Crippen LogP contribution is 2.35. The molecule has 2 aliphatic heterocycles. The Bertz CT molecular complexity index is 1000. The maximum Gasteiger partial charge on any atom is 0.277 e. The zero-order chi connectivity index (χ0) is 22.0. The van der Waals surface area contributed by atoms with E-state index in [2.05, 4.69) is 49.1 Å². The Hall–Kier alpha value is -2.88. The van der Waals surface area contributed by atoms with Crippen LogP contribution >= 0.6 is 0 Å². The molecule has 162 valence electrons. The molecule has 0 spiro atoms. The molecule has 31 heavy (non-hydrogen) atoms. The molecule has 4 nitrogen and oxygen atoms in total. The number of nitrogens with zero attached hydrogens (tertiary/aromatic N) is 2. The van der Waals surface area contributed by atoms with Gasteiger partial charge in [-0.05, 0) is 67.7 Å². The van der Waals surface area contributed by atoms with Gasteiger partial charge in [-0.2, -0.15) is 0 Å². The molecule has 2 heterocycles. The van der Waals surface area contributed by atoms with Gasteiger partial charge in [-0.15, -0.1) is 0 Å². The molecule has 0 saturated carbocycles. The number of hydrogen-bond donors (Lipinski definition) is 0. The lowest BCUT2D eigenvalue weighted by atomic mass is 9.89. The van der Waals surface area contributed by atoms with Crippen molar-refractivity contribution in [3.63, 3.8) is 0 Å². The van der Waals surface area contributed by atoms with Crippen molar-refractivity contribution in [2.45, 2.75) is 46.5 Å². The molecule has 1 fully saturated rings. The molecule has 1 saturated heterocycles. The molecule has 0 aliphatic carbocycles. The van der Waals surface area contributed by atoms with Crippen LogP contribution in [0.2, 0.25) is 0 Å². The minimum absolute atomic E-state index is 0.124. The molecular weight excluding hydrogens is 384 g/mol. The monoisotopic (exact) mass is 416 g/mol. The Morgan fingerprint density at radius 1 is 0.903 bits per heavy atom. The molecule has 2 amide bonds. The summed E-state index contributed by atoms with van der Waals surface area (Å²) < 4.78 is 0. The summed E-state index contributed by atoms with van der Waals surface area (Å²) in [6, 6.07) is 16.7. The molecule has 2 aromatic rings. The van der Waals surface area contributed by atoms with E-state index in [0.717, 1.165) is 49.9 Å². The first-order chi connectivity index (χ1) is 15.0. The van der Waals surface area contributed by atoms with Crippen molar-refractivity contribution in [2.75, 3.05) is 19.6 Å². The Labute approximate surface area is 185 Å². The Morgan fingerprint density at radius 3 is 2.26 bits per heavy atom. The number of rotatable bonds is 6. The standard InChI is InChI=1S/C27H32N2O2/c1-4-14-29-26(30)24(23-11-10-19(2)20(3)17-23)25(27(29)31)28-15-12-22(13-16-28)18-21-8-6-5-7-9-21/h5-11,17,22H,4,12-16,18H2,1-3H3. The average Bonchev–Trinajstić information content (AvgIpc) is 3.02. The molecule has 4 heteroatoms. The number of aryl methyl sites for hydroxylation is 2. The fourth-order valence-electron chi connectivity index (χ4n) is 4.75. The molecule has 0 bridgehead atoms. The second-order valence-corrected chi connectivity index (χ2v) is 8.90. The molecule has 2 aromatic carbocycles. The van der Waals surface area contributed by atoms with Crippen LogP contribution in [0.5, 0.6) is 0 Å². The highest BCUT2D eigenvalue weighted by molar-refractivity contribution is 6.35. The van der Waals surface area contributed by atoms with Crippen LogP contribution in [-0.4, -0.2) is 41.2 Å². The van der Waals surface area contributed by atoms with Gasteiger partial charge in [0.15, 0.2) is 0 Å². The summed E-state index contributed by atoms with van der Waals surface area (Å²) in [6.07, 6.45) is 3.92. The van der Waals surface area contributed by atoms with Gasteiger partial charge < -0.3 is 4.90 Å². The summed E-state index contributed by atoms with van der Waals surface area (Å²) in [5.41, 5.74) is 5.76. The first-order valence-electron chi connectivity index (χ1n) is 11.5. The maximum absolute atomic E-state index is 13.3. The van der Waals surface area contributed by atoms with Crippen LogP contribution in [0.15, 0.2) is 54.2 Å². The summed E-state index contributed by atoms with van der Waals surface area (Å²) in [5.74, 6) is 0.348. The predicted molar refractivity (Wildman–Crippen MR) is 124 cm³/mol. The Balaban J connectivity index is 1.60. The smallest absolute Gasteiger partial charge is 0.277 e. The van der Waals surface area contributed by atoms with Gasteiger partial charge in [0, 0.05) is 19.6 Å². The molecule has 0 unspecified atom stereocenters. The van der Waals surface area contributed by atoms with Gasteiger partial charge >= 0.3 is 0 Å². The zero-order valence-electron chi connectivity index (χ0n) is 18.9. The van der Waals surface area contributed by atoms with Crippen LogP contribution < -0.4 is 0 Å². The molecule has 2 aliphatic rings. The Kier molecular flexibility index (Phi) is 6.26. The largest absolute Gasteiger partial charge is 0.366 e. The number of amides is 2. The first kappa shape index (κ1) is 21.4. The number of carbonyl (C=O) groups excluding carboxylic acids is 2. The van der Waals surface area contributed by atoms with Crippen LogP contribution in [0.1, 0.15) is 48.4 Å². The fourth-order valence-corrected chi connectivity index (χ4v) is 4.75. The van der Waals surface area contributed by atoms with E-state index in [-0.39, 0.29) is 11.8 Å². The molecule has 0 N–H and O–H groups in total. The van der Waals surface area contributed by atoms with E-state index in [9.17, 15) is 9.59 Å². The average molecular weight is 417 g/mol. The second-order valence-electron chi connectivity index (χ2n) is 8.90. The van der Waals surface area contributed by atoms with Crippen molar-refractivity contribution < 1.29 is 9.59 Å². The summed E-state index contributed by atoms with van der Waals surface area (Å²) in [5, 5.41) is 0. The van der Waals surface area contributed by atoms with E-state index in [1.54, 1.807) is 0 Å². The minimum atomic E-state index is -0.142. The third kappa shape index (κ3) is 4.30. The lowest BCUT2D eigenvalue weighted by Gasteiger charge is -2.34. The third-order valence-corrected chi connectivity index (χ3v) is 6.68. The number of benzene rings is 2. The van der Waals surface area contributed by atoms with Gasteiger partial charge in [0.05, 0.1) is 5.57 Å². The highest BCUT2D eigenvalue weighted by atomic mass is 16.2. The number of hydrogen-bond acceptors (Lipinski definition) is 3. The van der Waals surface area contributed by atoms with Gasteiger partial charge in [-0.1, -0.05) is 55.5 Å². The summed E-state index contributed by atoms with van der Waals surface area (Å²) in [4.78, 5) is 30.2. The lowest BCUT2D eigenvalue weighted by molar-refractivity contribution is -0.137.